The van der Waals surface area contributed by atoms with Gasteiger partial charge in [0, 0.05) is 29.8 Å². The maximum Gasteiger partial charge on any atom is 0.244 e. The van der Waals surface area contributed by atoms with Gasteiger partial charge in [0.25, 0.3) is 0 Å². The average Bonchev–Trinajstić information content (AvgIpc) is 2.70. The van der Waals surface area contributed by atoms with E-state index in [0.717, 1.165) is 10.0 Å². The van der Waals surface area contributed by atoms with Gasteiger partial charge >= 0.3 is 0 Å². The molecule has 7 heteroatoms. The van der Waals surface area contributed by atoms with Crippen LogP contribution in [-0.4, -0.2) is 43.5 Å². The Morgan fingerprint density at radius 2 is 1.79 bits per heavy atom. The molecule has 3 rings (SSSR count). The molecule has 1 fully saturated rings. The van der Waals surface area contributed by atoms with E-state index in [1.54, 1.807) is 25.2 Å². The van der Waals surface area contributed by atoms with E-state index in [9.17, 15) is 9.59 Å². The van der Waals surface area contributed by atoms with Gasteiger partial charge in [-0.05, 0) is 58.6 Å². The maximum atomic E-state index is 13.4. The maximum absolute atomic E-state index is 13.4. The molecular formula is C21H22BrClN2O3. The molecule has 2 aromatic carbocycles. The number of hydrogen-bond donors (Lipinski definition) is 1. The van der Waals surface area contributed by atoms with Gasteiger partial charge in [0.15, 0.2) is 0 Å². The quantitative estimate of drug-likeness (QED) is 0.718. The van der Waals surface area contributed by atoms with Crippen LogP contribution >= 0.6 is 27.5 Å². The molecule has 1 saturated heterocycles. The predicted octanol–water partition coefficient (Wildman–Crippen LogP) is 4.25. The molecule has 0 spiro atoms. The Balaban J connectivity index is 1.76. The highest BCUT2D eigenvalue weighted by molar-refractivity contribution is 9.10. The molecule has 0 atom stereocenters. The van der Waals surface area contributed by atoms with Gasteiger partial charge in [-0.3, -0.25) is 9.59 Å². The summed E-state index contributed by atoms with van der Waals surface area (Å²) in [5, 5.41) is 3.46. The first-order valence-corrected chi connectivity index (χ1v) is 10.2. The van der Waals surface area contributed by atoms with Crippen LogP contribution in [0.15, 0.2) is 53.0 Å². The lowest BCUT2D eigenvalue weighted by Crippen LogP contribution is -2.50. The Labute approximate surface area is 178 Å². The van der Waals surface area contributed by atoms with Gasteiger partial charge < -0.3 is 15.0 Å². The third-order valence-electron chi connectivity index (χ3n) is 5.03. The zero-order valence-electron chi connectivity index (χ0n) is 15.6. The van der Waals surface area contributed by atoms with Crippen LogP contribution in [0, 0.1) is 0 Å². The van der Waals surface area contributed by atoms with E-state index in [2.05, 4.69) is 21.2 Å². The van der Waals surface area contributed by atoms with E-state index in [1.807, 2.05) is 30.3 Å². The molecule has 28 heavy (non-hydrogen) atoms. The van der Waals surface area contributed by atoms with Crippen LogP contribution in [0.4, 0.5) is 5.69 Å². The van der Waals surface area contributed by atoms with Crippen molar-refractivity contribution in [1.82, 2.24) is 4.90 Å². The Kier molecular flexibility index (Phi) is 6.75. The number of nitrogens with one attached hydrogen (secondary N) is 1. The number of benzene rings is 2. The lowest BCUT2D eigenvalue weighted by molar-refractivity contribution is -0.142. The van der Waals surface area contributed by atoms with E-state index in [-0.39, 0.29) is 18.4 Å². The summed E-state index contributed by atoms with van der Waals surface area (Å²) >= 11 is 9.43. The minimum Gasteiger partial charge on any atom is -0.381 e. The molecule has 1 heterocycles. The first-order valence-electron chi connectivity index (χ1n) is 9.06. The lowest BCUT2D eigenvalue weighted by Gasteiger charge is -2.39. The summed E-state index contributed by atoms with van der Waals surface area (Å²) in [5.74, 6) is -0.332. The van der Waals surface area contributed by atoms with E-state index >= 15 is 0 Å². The second kappa shape index (κ2) is 9.07. The van der Waals surface area contributed by atoms with Crippen molar-refractivity contribution in [1.29, 1.82) is 0 Å². The first-order chi connectivity index (χ1) is 13.4. The van der Waals surface area contributed by atoms with E-state index in [1.165, 1.54) is 4.90 Å². The fraction of sp³-hybridized carbons (Fsp3) is 0.333. The van der Waals surface area contributed by atoms with Crippen LogP contribution in [0.5, 0.6) is 0 Å². The fourth-order valence-electron chi connectivity index (χ4n) is 3.52. The van der Waals surface area contributed by atoms with Crippen LogP contribution < -0.4 is 5.32 Å². The van der Waals surface area contributed by atoms with E-state index < -0.39 is 5.41 Å². The fourth-order valence-corrected chi connectivity index (χ4v) is 4.03. The molecule has 148 valence electrons. The number of halogens is 2. The average molecular weight is 466 g/mol. The topological polar surface area (TPSA) is 58.6 Å². The lowest BCUT2D eigenvalue weighted by atomic mass is 9.73. The van der Waals surface area contributed by atoms with Crippen LogP contribution in [0.2, 0.25) is 5.02 Å². The number of rotatable bonds is 5. The Hall–Kier alpha value is -1.89. The van der Waals surface area contributed by atoms with Gasteiger partial charge in [-0.15, -0.1) is 0 Å². The number of ether oxygens (including phenoxy) is 1. The minimum absolute atomic E-state index is 0.0314. The van der Waals surface area contributed by atoms with Gasteiger partial charge in [0.1, 0.15) is 0 Å². The number of para-hydroxylation sites is 1. The molecule has 0 aliphatic carbocycles. The number of hydrogen-bond acceptors (Lipinski definition) is 3. The van der Waals surface area contributed by atoms with Crippen molar-refractivity contribution in [3.05, 3.63) is 63.6 Å². The summed E-state index contributed by atoms with van der Waals surface area (Å²) in [6.07, 6.45) is 1.15. The minimum atomic E-state index is -0.703. The number of carbonyl (C=O) groups excluding carboxylic acids is 2. The summed E-state index contributed by atoms with van der Waals surface area (Å²) in [7, 11) is 1.66. The number of carbonyl (C=O) groups is 2. The molecule has 2 amide bonds. The summed E-state index contributed by atoms with van der Waals surface area (Å²) in [4.78, 5) is 27.4. The van der Waals surface area contributed by atoms with Gasteiger partial charge in [-0.2, -0.15) is 0 Å². The van der Waals surface area contributed by atoms with Gasteiger partial charge in [0.2, 0.25) is 11.8 Å². The SMILES string of the molecule is CN(CC(=O)Nc1ccccc1Br)C(=O)C1(c2ccc(Cl)cc2)CCOCC1. The van der Waals surface area contributed by atoms with Crippen molar-refractivity contribution >= 4 is 45.0 Å². The van der Waals surface area contributed by atoms with Crippen molar-refractivity contribution in [2.45, 2.75) is 18.3 Å². The van der Waals surface area contributed by atoms with Crippen LogP contribution in [0.1, 0.15) is 18.4 Å². The van der Waals surface area contributed by atoms with Crippen LogP contribution in [0.25, 0.3) is 0 Å². The zero-order chi connectivity index (χ0) is 20.1. The molecule has 1 N–H and O–H groups in total. The molecule has 0 radical (unpaired) electrons. The first kappa shape index (κ1) is 20.8. The van der Waals surface area contributed by atoms with Crippen molar-refractivity contribution in [3.63, 3.8) is 0 Å². The highest BCUT2D eigenvalue weighted by atomic mass is 79.9. The number of nitrogens with zero attached hydrogens (tertiary/aromatic N) is 1. The van der Waals surface area contributed by atoms with Crippen LogP contribution in [-0.2, 0) is 19.7 Å². The van der Waals surface area contributed by atoms with Gasteiger partial charge in [-0.1, -0.05) is 35.9 Å². The predicted molar refractivity (Wildman–Crippen MR) is 114 cm³/mol. The Morgan fingerprint density at radius 3 is 2.43 bits per heavy atom. The smallest absolute Gasteiger partial charge is 0.244 e. The standard InChI is InChI=1S/C21H22BrClN2O3/c1-25(14-19(26)24-18-5-3-2-4-17(18)22)20(27)21(10-12-28-13-11-21)15-6-8-16(23)9-7-15/h2-9H,10-14H2,1H3,(H,24,26). The highest BCUT2D eigenvalue weighted by Crippen LogP contribution is 2.37. The van der Waals surface area contributed by atoms with E-state index in [0.29, 0.717) is 36.8 Å². The molecule has 1 aliphatic heterocycles. The highest BCUT2D eigenvalue weighted by Gasteiger charge is 2.43. The second-order valence-electron chi connectivity index (χ2n) is 6.89. The normalized spacial score (nSPS) is 15.7. The number of likely N-dealkylation sites (N-methyl/N-ethyl adjacent to an activating group) is 1. The summed E-state index contributed by atoms with van der Waals surface area (Å²) in [6.45, 7) is 0.979. The summed E-state index contributed by atoms with van der Waals surface area (Å²) < 4.78 is 6.28. The largest absolute Gasteiger partial charge is 0.381 e. The second-order valence-corrected chi connectivity index (χ2v) is 8.18. The van der Waals surface area contributed by atoms with E-state index in [4.69, 9.17) is 16.3 Å². The molecule has 0 aromatic heterocycles. The summed E-state index contributed by atoms with van der Waals surface area (Å²) in [6, 6.07) is 14.7. The van der Waals surface area contributed by atoms with Crippen LogP contribution in [0.3, 0.4) is 0 Å². The number of amides is 2. The monoisotopic (exact) mass is 464 g/mol. The molecule has 1 aliphatic rings. The van der Waals surface area contributed by atoms with Crippen molar-refractivity contribution in [3.8, 4) is 0 Å². The van der Waals surface area contributed by atoms with Gasteiger partial charge in [0.05, 0.1) is 17.6 Å². The van der Waals surface area contributed by atoms with Crippen molar-refractivity contribution < 1.29 is 14.3 Å². The van der Waals surface area contributed by atoms with Crippen molar-refractivity contribution in [2.75, 3.05) is 32.1 Å². The Bertz CT molecular complexity index is 851. The summed E-state index contributed by atoms with van der Waals surface area (Å²) in [5.41, 5.74) is 0.876. The zero-order valence-corrected chi connectivity index (χ0v) is 17.9. The Morgan fingerprint density at radius 1 is 1.14 bits per heavy atom. The van der Waals surface area contributed by atoms with Gasteiger partial charge in [-0.25, -0.2) is 0 Å². The molecule has 0 unspecified atom stereocenters. The molecular weight excluding hydrogens is 444 g/mol. The molecule has 0 bridgehead atoms. The molecule has 2 aromatic rings. The molecule has 0 saturated carbocycles. The molecule has 5 nitrogen and oxygen atoms in total. The third kappa shape index (κ3) is 4.57. The number of anilines is 1. The van der Waals surface area contributed by atoms with Crippen molar-refractivity contribution in [2.24, 2.45) is 0 Å². The third-order valence-corrected chi connectivity index (χ3v) is 5.97.